The van der Waals surface area contributed by atoms with E-state index < -0.39 is 6.61 Å². The highest BCUT2D eigenvalue weighted by atomic mass is 35.5. The minimum absolute atomic E-state index is 0.0596. The Morgan fingerprint density at radius 1 is 1.38 bits per heavy atom. The number of hydrogen-bond acceptors (Lipinski definition) is 3. The molecule has 0 fully saturated rings. The van der Waals surface area contributed by atoms with Gasteiger partial charge in [0.25, 0.3) is 0 Å². The first-order chi connectivity index (χ1) is 9.99. The van der Waals surface area contributed by atoms with Gasteiger partial charge in [0.1, 0.15) is 11.4 Å². The summed E-state index contributed by atoms with van der Waals surface area (Å²) in [6, 6.07) is 4.44. The van der Waals surface area contributed by atoms with E-state index in [-0.39, 0.29) is 17.7 Å². The van der Waals surface area contributed by atoms with Crippen LogP contribution in [0.3, 0.4) is 0 Å². The maximum Gasteiger partial charge on any atom is 0.387 e. The fraction of sp³-hybridized carbons (Fsp3) is 0.385. The zero-order valence-electron chi connectivity index (χ0n) is 11.1. The van der Waals surface area contributed by atoms with E-state index in [0.717, 1.165) is 6.42 Å². The van der Waals surface area contributed by atoms with Gasteiger partial charge in [-0.05, 0) is 24.6 Å². The van der Waals surface area contributed by atoms with E-state index >= 15 is 0 Å². The van der Waals surface area contributed by atoms with Gasteiger partial charge in [0.15, 0.2) is 0 Å². The van der Waals surface area contributed by atoms with Crippen molar-refractivity contribution in [3.05, 3.63) is 40.7 Å². The monoisotopic (exact) mass is 335 g/mol. The van der Waals surface area contributed by atoms with Gasteiger partial charge in [-0.15, -0.1) is 16.7 Å². The third-order valence-corrected chi connectivity index (χ3v) is 3.57. The molecule has 0 aliphatic carbocycles. The molecule has 114 valence electrons. The van der Waals surface area contributed by atoms with Gasteiger partial charge >= 0.3 is 6.61 Å². The third kappa shape index (κ3) is 4.28. The smallest absolute Gasteiger partial charge is 0.387 e. The summed E-state index contributed by atoms with van der Waals surface area (Å²) in [7, 11) is 0. The number of hydrogen-bond donors (Lipinski definition) is 0. The predicted octanol–water partition coefficient (Wildman–Crippen LogP) is 4.27. The van der Waals surface area contributed by atoms with Crippen LogP contribution in [-0.4, -0.2) is 21.6 Å². The molecule has 8 heteroatoms. The summed E-state index contributed by atoms with van der Waals surface area (Å²) in [5.74, 6) is 0.0596. The highest BCUT2D eigenvalue weighted by Crippen LogP contribution is 2.26. The summed E-state index contributed by atoms with van der Waals surface area (Å²) < 4.78 is 30.7. The molecule has 1 atom stereocenters. The summed E-state index contributed by atoms with van der Waals surface area (Å²) in [6.45, 7) is -0.755. The lowest BCUT2D eigenvalue weighted by atomic mass is 10.2. The molecular formula is C13H13Cl2F2N3O. The molecule has 0 bridgehead atoms. The fourth-order valence-electron chi connectivity index (χ4n) is 1.80. The molecule has 1 heterocycles. The fourth-order valence-corrected chi connectivity index (χ4v) is 2.10. The van der Waals surface area contributed by atoms with Crippen LogP contribution in [0.4, 0.5) is 8.78 Å². The Morgan fingerprint density at radius 3 is 2.81 bits per heavy atom. The normalized spacial score (nSPS) is 12.7. The van der Waals surface area contributed by atoms with Crippen molar-refractivity contribution in [2.75, 3.05) is 0 Å². The van der Waals surface area contributed by atoms with Gasteiger partial charge in [-0.3, -0.25) is 0 Å². The summed E-state index contributed by atoms with van der Waals surface area (Å²) >= 11 is 12.0. The molecule has 0 N–H and O–H groups in total. The topological polar surface area (TPSA) is 39.9 Å². The van der Waals surface area contributed by atoms with Crippen LogP contribution < -0.4 is 4.74 Å². The van der Waals surface area contributed by atoms with E-state index in [1.165, 1.54) is 16.8 Å². The lowest BCUT2D eigenvalue weighted by Gasteiger charge is -2.10. The van der Waals surface area contributed by atoms with Crippen molar-refractivity contribution in [1.29, 1.82) is 0 Å². The van der Waals surface area contributed by atoms with Gasteiger partial charge < -0.3 is 4.74 Å². The molecule has 1 aromatic carbocycles. The second-order valence-corrected chi connectivity index (χ2v) is 5.31. The SMILES string of the molecule is CCC(Cl)c1cn(Cc2cc(Cl)ccc2OC(F)F)nn1. The van der Waals surface area contributed by atoms with Crippen LogP contribution in [0.5, 0.6) is 5.75 Å². The van der Waals surface area contributed by atoms with Gasteiger partial charge in [0.05, 0.1) is 18.1 Å². The highest BCUT2D eigenvalue weighted by molar-refractivity contribution is 6.30. The Morgan fingerprint density at radius 2 is 2.14 bits per heavy atom. The van der Waals surface area contributed by atoms with Crippen LogP contribution in [0.15, 0.2) is 24.4 Å². The van der Waals surface area contributed by atoms with E-state index in [9.17, 15) is 8.78 Å². The number of alkyl halides is 3. The minimum Gasteiger partial charge on any atom is -0.434 e. The number of ether oxygens (including phenoxy) is 1. The second kappa shape index (κ2) is 7.04. The van der Waals surface area contributed by atoms with Crippen molar-refractivity contribution < 1.29 is 13.5 Å². The molecule has 2 rings (SSSR count). The molecule has 1 aromatic heterocycles. The molecule has 0 saturated heterocycles. The van der Waals surface area contributed by atoms with Crippen molar-refractivity contribution in [2.24, 2.45) is 0 Å². The minimum atomic E-state index is -2.90. The van der Waals surface area contributed by atoms with Gasteiger partial charge in [0, 0.05) is 10.6 Å². The van der Waals surface area contributed by atoms with Crippen molar-refractivity contribution in [1.82, 2.24) is 15.0 Å². The molecule has 2 aromatic rings. The third-order valence-electron chi connectivity index (χ3n) is 2.81. The molecule has 1 unspecified atom stereocenters. The number of nitrogens with zero attached hydrogens (tertiary/aromatic N) is 3. The van der Waals surface area contributed by atoms with Crippen LogP contribution in [-0.2, 0) is 6.54 Å². The van der Waals surface area contributed by atoms with Crippen molar-refractivity contribution in [3.8, 4) is 5.75 Å². The molecule has 0 saturated carbocycles. The Kier molecular flexibility index (Phi) is 5.36. The van der Waals surface area contributed by atoms with E-state index in [1.54, 1.807) is 12.3 Å². The van der Waals surface area contributed by atoms with Crippen molar-refractivity contribution in [3.63, 3.8) is 0 Å². The molecule has 4 nitrogen and oxygen atoms in total. The second-order valence-electron chi connectivity index (χ2n) is 4.35. The average molecular weight is 336 g/mol. The summed E-state index contributed by atoms with van der Waals surface area (Å²) in [5, 5.41) is 8.08. The highest BCUT2D eigenvalue weighted by Gasteiger charge is 2.14. The lowest BCUT2D eigenvalue weighted by Crippen LogP contribution is -2.07. The van der Waals surface area contributed by atoms with Gasteiger partial charge in [-0.25, -0.2) is 4.68 Å². The van der Waals surface area contributed by atoms with Gasteiger partial charge in [-0.2, -0.15) is 8.78 Å². The van der Waals surface area contributed by atoms with E-state index in [2.05, 4.69) is 15.0 Å². The number of benzene rings is 1. The van der Waals surface area contributed by atoms with Crippen LogP contribution in [0.25, 0.3) is 0 Å². The lowest BCUT2D eigenvalue weighted by molar-refractivity contribution is -0.0505. The Bertz CT molecular complexity index is 607. The van der Waals surface area contributed by atoms with Crippen LogP contribution in [0, 0.1) is 0 Å². The zero-order chi connectivity index (χ0) is 15.4. The number of halogens is 4. The Balaban J connectivity index is 2.22. The first-order valence-corrected chi connectivity index (χ1v) is 7.08. The van der Waals surface area contributed by atoms with Gasteiger partial charge in [0.2, 0.25) is 0 Å². The van der Waals surface area contributed by atoms with E-state index in [0.29, 0.717) is 16.3 Å². The molecule has 0 radical (unpaired) electrons. The first kappa shape index (κ1) is 16.0. The Hall–Kier alpha value is -1.40. The summed E-state index contributed by atoms with van der Waals surface area (Å²) in [6.07, 6.45) is 2.39. The van der Waals surface area contributed by atoms with E-state index in [1.807, 2.05) is 6.92 Å². The molecule has 0 spiro atoms. The molecule has 0 aliphatic heterocycles. The standard InChI is InChI=1S/C13H13Cl2F2N3O/c1-2-10(15)11-7-20(19-18-11)6-8-5-9(14)3-4-12(8)21-13(16)17/h3-5,7,10,13H,2,6H2,1H3. The molecular weight excluding hydrogens is 323 g/mol. The van der Waals surface area contributed by atoms with Crippen LogP contribution in [0.1, 0.15) is 30.0 Å². The quantitative estimate of drug-likeness (QED) is 0.740. The van der Waals surface area contributed by atoms with Crippen molar-refractivity contribution in [2.45, 2.75) is 31.9 Å². The van der Waals surface area contributed by atoms with Crippen molar-refractivity contribution >= 4 is 23.2 Å². The van der Waals surface area contributed by atoms with Crippen LogP contribution >= 0.6 is 23.2 Å². The summed E-state index contributed by atoms with van der Waals surface area (Å²) in [4.78, 5) is 0. The van der Waals surface area contributed by atoms with Gasteiger partial charge in [-0.1, -0.05) is 23.7 Å². The summed E-state index contributed by atoms with van der Waals surface area (Å²) in [5.41, 5.74) is 1.12. The zero-order valence-corrected chi connectivity index (χ0v) is 12.7. The van der Waals surface area contributed by atoms with E-state index in [4.69, 9.17) is 23.2 Å². The molecule has 21 heavy (non-hydrogen) atoms. The Labute approximate surface area is 130 Å². The molecule has 0 aliphatic rings. The maximum atomic E-state index is 12.4. The average Bonchev–Trinajstić information content (AvgIpc) is 2.89. The number of rotatable bonds is 6. The maximum absolute atomic E-state index is 12.4. The largest absolute Gasteiger partial charge is 0.434 e. The predicted molar refractivity (Wildman–Crippen MR) is 76.1 cm³/mol. The van der Waals surface area contributed by atoms with Crippen LogP contribution in [0.2, 0.25) is 5.02 Å². The first-order valence-electron chi connectivity index (χ1n) is 6.27. The molecule has 0 amide bonds. The number of aromatic nitrogens is 3.